The molecule has 1 aromatic carbocycles. The van der Waals surface area contributed by atoms with E-state index in [4.69, 9.17) is 9.47 Å². The number of carbonyl (C=O) groups is 1. The number of rotatable bonds is 6. The molecule has 0 fully saturated rings. The van der Waals surface area contributed by atoms with Crippen molar-refractivity contribution in [1.82, 2.24) is 0 Å². The van der Waals surface area contributed by atoms with Gasteiger partial charge in [-0.3, -0.25) is 10.1 Å². The molecule has 0 aliphatic carbocycles. The molecule has 0 saturated carbocycles. The zero-order valence-electron chi connectivity index (χ0n) is 11.2. The smallest absolute Gasteiger partial charge is 0.338 e. The third-order valence-corrected chi connectivity index (χ3v) is 2.79. The molecule has 0 aliphatic heterocycles. The number of esters is 1. The number of carbonyl (C=O) groups excluding carboxylic acids is 1. The molecular weight excluding hydrogens is 250 g/mol. The van der Waals surface area contributed by atoms with E-state index in [-0.39, 0.29) is 18.4 Å². The van der Waals surface area contributed by atoms with Gasteiger partial charge in [-0.05, 0) is 26.0 Å². The lowest BCUT2D eigenvalue weighted by molar-refractivity contribution is -0.385. The van der Waals surface area contributed by atoms with Gasteiger partial charge in [0.2, 0.25) is 0 Å². The zero-order chi connectivity index (χ0) is 14.4. The van der Waals surface area contributed by atoms with Crippen LogP contribution in [0.4, 0.5) is 5.69 Å². The Balaban J connectivity index is 2.63. The summed E-state index contributed by atoms with van der Waals surface area (Å²) >= 11 is 0. The Morgan fingerprint density at radius 1 is 1.47 bits per heavy atom. The molecule has 6 nitrogen and oxygen atoms in total. The molecule has 1 rings (SSSR count). The summed E-state index contributed by atoms with van der Waals surface area (Å²) in [4.78, 5) is 21.9. The maximum Gasteiger partial charge on any atom is 0.338 e. The fourth-order valence-corrected chi connectivity index (χ4v) is 1.51. The SMILES string of the molecule is COC(C)CCOC(=O)c1ccc([N+](=O)[O-])c(C)c1. The van der Waals surface area contributed by atoms with E-state index in [1.165, 1.54) is 18.2 Å². The summed E-state index contributed by atoms with van der Waals surface area (Å²) in [6.07, 6.45) is 0.625. The van der Waals surface area contributed by atoms with E-state index in [2.05, 4.69) is 0 Å². The molecular formula is C13H17NO5. The number of hydrogen-bond donors (Lipinski definition) is 0. The summed E-state index contributed by atoms with van der Waals surface area (Å²) in [7, 11) is 1.59. The molecule has 1 atom stereocenters. The van der Waals surface area contributed by atoms with E-state index in [1.807, 2.05) is 6.92 Å². The van der Waals surface area contributed by atoms with Gasteiger partial charge in [-0.25, -0.2) is 4.79 Å². The second-order valence-corrected chi connectivity index (χ2v) is 4.23. The minimum Gasteiger partial charge on any atom is -0.462 e. The minimum atomic E-state index is -0.485. The summed E-state index contributed by atoms with van der Waals surface area (Å²) < 4.78 is 10.1. The lowest BCUT2D eigenvalue weighted by Gasteiger charge is -2.09. The first-order valence-corrected chi connectivity index (χ1v) is 5.90. The van der Waals surface area contributed by atoms with Gasteiger partial charge in [0, 0.05) is 25.2 Å². The van der Waals surface area contributed by atoms with E-state index < -0.39 is 10.9 Å². The molecule has 0 N–H and O–H groups in total. The van der Waals surface area contributed by atoms with Crippen LogP contribution in [0, 0.1) is 17.0 Å². The number of methoxy groups -OCH3 is 1. The average molecular weight is 267 g/mol. The highest BCUT2D eigenvalue weighted by atomic mass is 16.6. The van der Waals surface area contributed by atoms with Gasteiger partial charge in [-0.2, -0.15) is 0 Å². The number of nitro benzene ring substituents is 1. The third kappa shape index (κ3) is 4.33. The summed E-state index contributed by atoms with van der Waals surface area (Å²) in [6.45, 7) is 3.72. The fourth-order valence-electron chi connectivity index (χ4n) is 1.51. The highest BCUT2D eigenvalue weighted by molar-refractivity contribution is 5.90. The molecule has 0 radical (unpaired) electrons. The molecule has 104 valence electrons. The number of benzene rings is 1. The number of aryl methyl sites for hydroxylation is 1. The highest BCUT2D eigenvalue weighted by Gasteiger charge is 2.14. The van der Waals surface area contributed by atoms with Crippen molar-refractivity contribution in [1.29, 1.82) is 0 Å². The lowest BCUT2D eigenvalue weighted by atomic mass is 10.1. The highest BCUT2D eigenvalue weighted by Crippen LogP contribution is 2.19. The first-order chi connectivity index (χ1) is 8.95. The molecule has 6 heteroatoms. The van der Waals surface area contributed by atoms with E-state index in [0.717, 1.165) is 0 Å². The molecule has 1 unspecified atom stereocenters. The van der Waals surface area contributed by atoms with Crippen molar-refractivity contribution in [3.05, 3.63) is 39.4 Å². The Morgan fingerprint density at radius 3 is 2.68 bits per heavy atom. The summed E-state index contributed by atoms with van der Waals surface area (Å²) in [6, 6.07) is 4.16. The topological polar surface area (TPSA) is 78.7 Å². The van der Waals surface area contributed by atoms with Crippen LogP contribution in [0.15, 0.2) is 18.2 Å². The average Bonchev–Trinajstić information content (AvgIpc) is 2.37. The number of nitrogens with zero attached hydrogens (tertiary/aromatic N) is 1. The van der Waals surface area contributed by atoms with Crippen molar-refractivity contribution < 1.29 is 19.2 Å². The maximum absolute atomic E-state index is 11.7. The standard InChI is InChI=1S/C13H17NO5/c1-9-8-11(4-5-12(9)14(16)17)13(15)19-7-6-10(2)18-3/h4-5,8,10H,6-7H2,1-3H3. The number of hydrogen-bond acceptors (Lipinski definition) is 5. The molecule has 0 amide bonds. The first-order valence-electron chi connectivity index (χ1n) is 5.90. The van der Waals surface area contributed by atoms with Crippen LogP contribution in [0.2, 0.25) is 0 Å². The van der Waals surface area contributed by atoms with Crippen LogP contribution in [0.3, 0.4) is 0 Å². The predicted octanol–water partition coefficient (Wildman–Crippen LogP) is 2.49. The van der Waals surface area contributed by atoms with Crippen LogP contribution < -0.4 is 0 Å². The van der Waals surface area contributed by atoms with Gasteiger partial charge in [-0.1, -0.05) is 0 Å². The van der Waals surface area contributed by atoms with Crippen molar-refractivity contribution in [3.63, 3.8) is 0 Å². The van der Waals surface area contributed by atoms with Crippen molar-refractivity contribution in [2.24, 2.45) is 0 Å². The van der Waals surface area contributed by atoms with E-state index in [1.54, 1.807) is 14.0 Å². The van der Waals surface area contributed by atoms with Crippen LogP contribution in [0.25, 0.3) is 0 Å². The van der Waals surface area contributed by atoms with Gasteiger partial charge in [0.05, 0.1) is 23.2 Å². The minimum absolute atomic E-state index is 0.00967. The van der Waals surface area contributed by atoms with Crippen LogP contribution >= 0.6 is 0 Å². The zero-order valence-corrected chi connectivity index (χ0v) is 11.2. The normalized spacial score (nSPS) is 11.9. The van der Waals surface area contributed by atoms with Gasteiger partial charge >= 0.3 is 5.97 Å². The molecule has 0 aromatic heterocycles. The fraction of sp³-hybridized carbons (Fsp3) is 0.462. The summed E-state index contributed by atoms with van der Waals surface area (Å²) in [5.74, 6) is -0.485. The number of nitro groups is 1. The molecule has 0 spiro atoms. The van der Waals surface area contributed by atoms with E-state index in [9.17, 15) is 14.9 Å². The Bertz CT molecular complexity index is 472. The Morgan fingerprint density at radius 2 is 2.16 bits per heavy atom. The second-order valence-electron chi connectivity index (χ2n) is 4.23. The van der Waals surface area contributed by atoms with Gasteiger partial charge in [0.1, 0.15) is 0 Å². The van der Waals surface area contributed by atoms with E-state index >= 15 is 0 Å². The van der Waals surface area contributed by atoms with Gasteiger partial charge < -0.3 is 9.47 Å². The maximum atomic E-state index is 11.7. The second kappa shape index (κ2) is 6.84. The van der Waals surface area contributed by atoms with Gasteiger partial charge in [-0.15, -0.1) is 0 Å². The summed E-state index contributed by atoms with van der Waals surface area (Å²) in [5, 5.41) is 10.7. The van der Waals surface area contributed by atoms with Gasteiger partial charge in [0.15, 0.2) is 0 Å². The lowest BCUT2D eigenvalue weighted by Crippen LogP contribution is -2.13. The van der Waals surface area contributed by atoms with Crippen LogP contribution in [-0.2, 0) is 9.47 Å². The van der Waals surface area contributed by atoms with Crippen molar-refractivity contribution in [3.8, 4) is 0 Å². The van der Waals surface area contributed by atoms with Crippen molar-refractivity contribution in [2.45, 2.75) is 26.4 Å². The molecule has 0 aliphatic rings. The Hall–Kier alpha value is -1.95. The van der Waals surface area contributed by atoms with Crippen LogP contribution in [0.5, 0.6) is 0 Å². The monoisotopic (exact) mass is 267 g/mol. The third-order valence-electron chi connectivity index (χ3n) is 2.79. The number of ether oxygens (including phenoxy) is 2. The molecule has 19 heavy (non-hydrogen) atoms. The van der Waals surface area contributed by atoms with E-state index in [0.29, 0.717) is 17.5 Å². The molecule has 1 aromatic rings. The largest absolute Gasteiger partial charge is 0.462 e. The van der Waals surface area contributed by atoms with Crippen molar-refractivity contribution in [2.75, 3.05) is 13.7 Å². The van der Waals surface area contributed by atoms with Crippen molar-refractivity contribution >= 4 is 11.7 Å². The molecule has 0 bridgehead atoms. The van der Waals surface area contributed by atoms with Gasteiger partial charge in [0.25, 0.3) is 5.69 Å². The molecule has 0 saturated heterocycles. The Kier molecular flexibility index (Phi) is 5.44. The summed E-state index contributed by atoms with van der Waals surface area (Å²) in [5.41, 5.74) is 0.738. The quantitative estimate of drug-likeness (QED) is 0.449. The van der Waals surface area contributed by atoms with Crippen LogP contribution in [0.1, 0.15) is 29.3 Å². The predicted molar refractivity (Wildman–Crippen MR) is 69.2 cm³/mol. The Labute approximate surface area is 111 Å². The first kappa shape index (κ1) is 15.1. The van der Waals surface area contributed by atoms with Crippen LogP contribution in [-0.4, -0.2) is 30.7 Å². The molecule has 0 heterocycles.